The second-order valence-corrected chi connectivity index (χ2v) is 6.43. The number of ether oxygens (including phenoxy) is 1. The SMILES string of the molecule is CCOC(C)c1nc(CN(C)CC(O)c2ccc(F)cc2)cs1. The Labute approximate surface area is 140 Å². The van der Waals surface area contributed by atoms with Crippen molar-refractivity contribution < 1.29 is 14.2 Å². The van der Waals surface area contributed by atoms with Crippen molar-refractivity contribution in [3.8, 4) is 0 Å². The first-order chi connectivity index (χ1) is 11.0. The van der Waals surface area contributed by atoms with Crippen LogP contribution in [0.1, 0.15) is 42.3 Å². The number of aliphatic hydroxyl groups is 1. The van der Waals surface area contributed by atoms with Gasteiger partial charge < -0.3 is 9.84 Å². The molecule has 0 bridgehead atoms. The van der Waals surface area contributed by atoms with Gasteiger partial charge in [-0.3, -0.25) is 4.90 Å². The first kappa shape index (κ1) is 18.0. The molecule has 23 heavy (non-hydrogen) atoms. The van der Waals surface area contributed by atoms with Crippen molar-refractivity contribution in [1.82, 2.24) is 9.88 Å². The second kappa shape index (κ2) is 8.49. The zero-order valence-electron chi connectivity index (χ0n) is 13.7. The number of rotatable bonds is 8. The lowest BCUT2D eigenvalue weighted by atomic mass is 10.1. The molecule has 6 heteroatoms. The van der Waals surface area contributed by atoms with Gasteiger partial charge in [0.05, 0.1) is 11.8 Å². The summed E-state index contributed by atoms with van der Waals surface area (Å²) in [5.74, 6) is -0.298. The van der Waals surface area contributed by atoms with Gasteiger partial charge in [-0.2, -0.15) is 0 Å². The molecular formula is C17H23FN2O2S. The van der Waals surface area contributed by atoms with Crippen LogP contribution in [0.5, 0.6) is 0 Å². The molecular weight excluding hydrogens is 315 g/mol. The number of hydrogen-bond acceptors (Lipinski definition) is 5. The van der Waals surface area contributed by atoms with Gasteiger partial charge in [0.2, 0.25) is 0 Å². The van der Waals surface area contributed by atoms with Crippen LogP contribution in [-0.4, -0.2) is 35.2 Å². The fourth-order valence-electron chi connectivity index (χ4n) is 2.33. The fourth-order valence-corrected chi connectivity index (χ4v) is 3.14. The van der Waals surface area contributed by atoms with Crippen LogP contribution in [0.2, 0.25) is 0 Å². The van der Waals surface area contributed by atoms with Crippen molar-refractivity contribution in [2.45, 2.75) is 32.6 Å². The molecule has 1 aromatic heterocycles. The quantitative estimate of drug-likeness (QED) is 0.799. The van der Waals surface area contributed by atoms with Gasteiger partial charge >= 0.3 is 0 Å². The van der Waals surface area contributed by atoms with E-state index in [1.807, 2.05) is 31.2 Å². The van der Waals surface area contributed by atoms with Gasteiger partial charge in [-0.25, -0.2) is 9.37 Å². The van der Waals surface area contributed by atoms with E-state index in [1.54, 1.807) is 23.5 Å². The Balaban J connectivity index is 1.89. The summed E-state index contributed by atoms with van der Waals surface area (Å²) in [5, 5.41) is 13.2. The summed E-state index contributed by atoms with van der Waals surface area (Å²) in [5.41, 5.74) is 1.67. The summed E-state index contributed by atoms with van der Waals surface area (Å²) in [7, 11) is 1.93. The average Bonchev–Trinajstić information content (AvgIpc) is 2.96. The predicted octanol–water partition coefficient (Wildman–Crippen LogP) is 3.55. The topological polar surface area (TPSA) is 45.6 Å². The van der Waals surface area contributed by atoms with Crippen molar-refractivity contribution in [3.05, 3.63) is 51.7 Å². The monoisotopic (exact) mass is 338 g/mol. The molecule has 0 fully saturated rings. The van der Waals surface area contributed by atoms with Crippen molar-refractivity contribution in [1.29, 1.82) is 0 Å². The smallest absolute Gasteiger partial charge is 0.123 e. The Morgan fingerprint density at radius 3 is 2.70 bits per heavy atom. The van der Waals surface area contributed by atoms with Gasteiger partial charge in [0.25, 0.3) is 0 Å². The minimum absolute atomic E-state index is 0.00821. The molecule has 0 saturated carbocycles. The largest absolute Gasteiger partial charge is 0.387 e. The van der Waals surface area contributed by atoms with E-state index in [4.69, 9.17) is 4.74 Å². The van der Waals surface area contributed by atoms with Crippen LogP contribution >= 0.6 is 11.3 Å². The fraction of sp³-hybridized carbons (Fsp3) is 0.471. The molecule has 2 atom stereocenters. The lowest BCUT2D eigenvalue weighted by molar-refractivity contribution is 0.0759. The van der Waals surface area contributed by atoms with Crippen LogP contribution in [0.15, 0.2) is 29.6 Å². The second-order valence-electron chi connectivity index (χ2n) is 5.54. The Hall–Kier alpha value is -1.34. The third-order valence-electron chi connectivity index (χ3n) is 3.51. The van der Waals surface area contributed by atoms with E-state index in [0.717, 1.165) is 10.7 Å². The molecule has 0 aliphatic rings. The molecule has 2 rings (SSSR count). The lowest BCUT2D eigenvalue weighted by Crippen LogP contribution is -2.24. The van der Waals surface area contributed by atoms with Crippen LogP contribution in [0.4, 0.5) is 4.39 Å². The van der Waals surface area contributed by atoms with Crippen molar-refractivity contribution >= 4 is 11.3 Å². The maximum Gasteiger partial charge on any atom is 0.123 e. The third kappa shape index (κ3) is 5.35. The molecule has 0 spiro atoms. The standard InChI is InChI=1S/C17H23FN2O2S/c1-4-22-12(2)17-19-15(11-23-17)9-20(3)10-16(21)13-5-7-14(18)8-6-13/h5-8,11-12,16,21H,4,9-10H2,1-3H3. The van der Waals surface area contributed by atoms with Gasteiger partial charge in [0.15, 0.2) is 0 Å². The highest BCUT2D eigenvalue weighted by atomic mass is 32.1. The summed E-state index contributed by atoms with van der Waals surface area (Å²) in [6.45, 7) is 5.73. The maximum atomic E-state index is 12.9. The van der Waals surface area contributed by atoms with Crippen LogP contribution < -0.4 is 0 Å². The van der Waals surface area contributed by atoms with Crippen LogP contribution in [0.25, 0.3) is 0 Å². The number of aliphatic hydroxyl groups excluding tert-OH is 1. The van der Waals surface area contributed by atoms with Crippen LogP contribution in [0, 0.1) is 5.82 Å². The summed E-state index contributed by atoms with van der Waals surface area (Å²) in [4.78, 5) is 6.58. The van der Waals surface area contributed by atoms with E-state index in [0.29, 0.717) is 25.3 Å². The Kier molecular flexibility index (Phi) is 6.65. The number of hydrogen-bond donors (Lipinski definition) is 1. The van der Waals surface area contributed by atoms with E-state index in [2.05, 4.69) is 4.98 Å². The number of benzene rings is 1. The van der Waals surface area contributed by atoms with E-state index >= 15 is 0 Å². The molecule has 1 heterocycles. The number of nitrogens with zero attached hydrogens (tertiary/aromatic N) is 2. The summed E-state index contributed by atoms with van der Waals surface area (Å²) < 4.78 is 18.5. The van der Waals surface area contributed by atoms with Gasteiger partial charge in [-0.15, -0.1) is 11.3 Å². The Bertz CT molecular complexity index is 603. The average molecular weight is 338 g/mol. The summed E-state index contributed by atoms with van der Waals surface area (Å²) in [6, 6.07) is 5.94. The van der Waals surface area contributed by atoms with E-state index in [9.17, 15) is 9.50 Å². The predicted molar refractivity (Wildman–Crippen MR) is 89.8 cm³/mol. The molecule has 0 aliphatic carbocycles. The van der Waals surface area contributed by atoms with E-state index in [1.165, 1.54) is 12.1 Å². The van der Waals surface area contributed by atoms with Gasteiger partial charge in [0.1, 0.15) is 16.9 Å². The Morgan fingerprint density at radius 1 is 1.35 bits per heavy atom. The summed E-state index contributed by atoms with van der Waals surface area (Å²) in [6.07, 6.45) is -0.644. The number of thiazole rings is 1. The number of aromatic nitrogens is 1. The minimum atomic E-state index is -0.652. The van der Waals surface area contributed by atoms with Gasteiger partial charge in [-0.1, -0.05) is 12.1 Å². The van der Waals surface area contributed by atoms with Crippen LogP contribution in [0.3, 0.4) is 0 Å². The number of likely N-dealkylation sites (N-methyl/N-ethyl adjacent to an activating group) is 1. The zero-order chi connectivity index (χ0) is 16.8. The molecule has 0 radical (unpaired) electrons. The van der Waals surface area contributed by atoms with Crippen molar-refractivity contribution in [2.24, 2.45) is 0 Å². The molecule has 0 saturated heterocycles. The molecule has 0 amide bonds. The maximum absolute atomic E-state index is 12.9. The van der Waals surface area contributed by atoms with E-state index in [-0.39, 0.29) is 11.9 Å². The van der Waals surface area contributed by atoms with Gasteiger partial charge in [0, 0.05) is 25.1 Å². The normalized spacial score (nSPS) is 14.2. The van der Waals surface area contributed by atoms with Crippen molar-refractivity contribution in [2.75, 3.05) is 20.2 Å². The number of halogens is 1. The summed E-state index contributed by atoms with van der Waals surface area (Å²) >= 11 is 1.59. The molecule has 1 aromatic carbocycles. The molecule has 2 unspecified atom stereocenters. The highest BCUT2D eigenvalue weighted by Gasteiger charge is 2.14. The highest BCUT2D eigenvalue weighted by Crippen LogP contribution is 2.22. The third-order valence-corrected chi connectivity index (χ3v) is 4.56. The van der Waals surface area contributed by atoms with E-state index < -0.39 is 6.10 Å². The molecule has 126 valence electrons. The molecule has 2 aromatic rings. The zero-order valence-corrected chi connectivity index (χ0v) is 14.5. The van der Waals surface area contributed by atoms with Crippen molar-refractivity contribution in [3.63, 3.8) is 0 Å². The first-order valence-electron chi connectivity index (χ1n) is 7.67. The molecule has 4 nitrogen and oxygen atoms in total. The van der Waals surface area contributed by atoms with Crippen LogP contribution in [-0.2, 0) is 11.3 Å². The Morgan fingerprint density at radius 2 is 2.04 bits per heavy atom. The minimum Gasteiger partial charge on any atom is -0.387 e. The highest BCUT2D eigenvalue weighted by molar-refractivity contribution is 7.09. The molecule has 1 N–H and O–H groups in total. The lowest BCUT2D eigenvalue weighted by Gasteiger charge is -2.20. The van der Waals surface area contributed by atoms with Gasteiger partial charge in [-0.05, 0) is 38.6 Å². The molecule has 0 aliphatic heterocycles. The first-order valence-corrected chi connectivity index (χ1v) is 8.55.